The molecule has 1 fully saturated rings. The average molecular weight is 297 g/mol. The lowest BCUT2D eigenvalue weighted by Gasteiger charge is -2.46. The highest BCUT2D eigenvalue weighted by Crippen LogP contribution is 2.35. The van der Waals surface area contributed by atoms with Gasteiger partial charge < -0.3 is 10.2 Å². The summed E-state index contributed by atoms with van der Waals surface area (Å²) in [6.45, 7) is 8.25. The summed E-state index contributed by atoms with van der Waals surface area (Å²) in [6, 6.07) is 0.667. The van der Waals surface area contributed by atoms with Crippen LogP contribution in [0.15, 0.2) is 0 Å². The Morgan fingerprint density at radius 1 is 1.19 bits per heavy atom. The highest BCUT2D eigenvalue weighted by atomic mass is 15.2. The smallest absolute Gasteiger partial charge is 0.0330 e. The summed E-state index contributed by atoms with van der Waals surface area (Å²) >= 11 is 0. The molecular weight excluding hydrogens is 256 g/mol. The third-order valence-corrected chi connectivity index (χ3v) is 5.54. The van der Waals surface area contributed by atoms with Gasteiger partial charge in [0.1, 0.15) is 0 Å². The van der Waals surface area contributed by atoms with Crippen LogP contribution in [0.1, 0.15) is 85.0 Å². The van der Waals surface area contributed by atoms with Gasteiger partial charge in [-0.05, 0) is 46.2 Å². The first-order valence-corrected chi connectivity index (χ1v) is 9.41. The minimum Gasteiger partial charge on any atom is -0.312 e. The van der Waals surface area contributed by atoms with Gasteiger partial charge in [0.05, 0.1) is 0 Å². The first kappa shape index (κ1) is 19.0. The molecule has 0 aromatic rings. The molecule has 0 amide bonds. The first-order valence-electron chi connectivity index (χ1n) is 9.41. The molecule has 0 aromatic carbocycles. The Morgan fingerprint density at radius 3 is 2.52 bits per heavy atom. The van der Waals surface area contributed by atoms with Crippen molar-refractivity contribution in [3.8, 4) is 0 Å². The zero-order valence-corrected chi connectivity index (χ0v) is 15.4. The maximum Gasteiger partial charge on any atom is 0.0330 e. The fourth-order valence-corrected chi connectivity index (χ4v) is 3.88. The van der Waals surface area contributed by atoms with Gasteiger partial charge in [-0.1, -0.05) is 58.8 Å². The fraction of sp³-hybridized carbons (Fsp3) is 1.00. The summed E-state index contributed by atoms with van der Waals surface area (Å²) in [6.07, 6.45) is 13.8. The predicted molar refractivity (Wildman–Crippen MR) is 94.9 cm³/mol. The van der Waals surface area contributed by atoms with Crippen molar-refractivity contribution in [1.82, 2.24) is 10.2 Å². The maximum absolute atomic E-state index is 3.84. The van der Waals surface area contributed by atoms with Crippen LogP contribution < -0.4 is 5.32 Å². The molecule has 0 saturated heterocycles. The van der Waals surface area contributed by atoms with Crippen LogP contribution in [0.2, 0.25) is 0 Å². The van der Waals surface area contributed by atoms with Crippen LogP contribution in [-0.2, 0) is 0 Å². The first-order chi connectivity index (χ1) is 10.00. The molecular formula is C19H40N2. The van der Waals surface area contributed by atoms with E-state index in [0.717, 1.165) is 5.92 Å². The van der Waals surface area contributed by atoms with Crippen LogP contribution in [0.3, 0.4) is 0 Å². The maximum atomic E-state index is 3.84. The molecule has 3 atom stereocenters. The summed E-state index contributed by atoms with van der Waals surface area (Å²) in [4.78, 5) is 2.49. The topological polar surface area (TPSA) is 15.3 Å². The molecule has 1 rings (SSSR count). The van der Waals surface area contributed by atoms with E-state index in [1.54, 1.807) is 0 Å². The lowest BCUT2D eigenvalue weighted by Crippen LogP contribution is -2.55. The highest BCUT2D eigenvalue weighted by Gasteiger charge is 2.36. The summed E-state index contributed by atoms with van der Waals surface area (Å²) in [5.41, 5.74) is 0.397. The second-order valence-corrected chi connectivity index (χ2v) is 7.81. The highest BCUT2D eigenvalue weighted by molar-refractivity contribution is 4.95. The Kier molecular flexibility index (Phi) is 8.89. The average Bonchev–Trinajstić information content (AvgIpc) is 2.45. The fourth-order valence-electron chi connectivity index (χ4n) is 3.88. The van der Waals surface area contributed by atoms with Gasteiger partial charge in [-0.25, -0.2) is 0 Å². The van der Waals surface area contributed by atoms with E-state index in [1.165, 1.54) is 70.8 Å². The van der Waals surface area contributed by atoms with Crippen molar-refractivity contribution in [2.45, 2.75) is 96.6 Å². The van der Waals surface area contributed by atoms with Crippen molar-refractivity contribution in [2.75, 3.05) is 20.6 Å². The van der Waals surface area contributed by atoms with Crippen molar-refractivity contribution in [1.29, 1.82) is 0 Å². The molecule has 1 saturated carbocycles. The second kappa shape index (κ2) is 9.84. The molecule has 126 valence electrons. The van der Waals surface area contributed by atoms with Crippen LogP contribution in [0, 0.1) is 5.92 Å². The number of hydrogen-bond acceptors (Lipinski definition) is 2. The molecule has 21 heavy (non-hydrogen) atoms. The molecule has 2 nitrogen and oxygen atoms in total. The van der Waals surface area contributed by atoms with Gasteiger partial charge in [-0.15, -0.1) is 0 Å². The minimum absolute atomic E-state index is 0.397. The Hall–Kier alpha value is -0.0800. The predicted octanol–water partition coefficient (Wildman–Crippen LogP) is 4.84. The molecule has 1 aliphatic rings. The molecule has 3 unspecified atom stereocenters. The molecule has 2 heteroatoms. The Balaban J connectivity index is 2.29. The summed E-state index contributed by atoms with van der Waals surface area (Å²) < 4.78 is 0. The van der Waals surface area contributed by atoms with E-state index in [2.05, 4.69) is 45.1 Å². The Bertz CT molecular complexity index is 264. The SMILES string of the molecule is CCCCCCCC(C)NCC1(N(C)C)CCCC(C)C1. The molecule has 0 spiro atoms. The molecule has 0 heterocycles. The van der Waals surface area contributed by atoms with E-state index < -0.39 is 0 Å². The quantitative estimate of drug-likeness (QED) is 0.581. The Labute approximate surface area is 134 Å². The minimum atomic E-state index is 0.397. The van der Waals surface area contributed by atoms with E-state index in [4.69, 9.17) is 0 Å². The molecule has 0 aliphatic heterocycles. The number of nitrogens with zero attached hydrogens (tertiary/aromatic N) is 1. The van der Waals surface area contributed by atoms with Gasteiger partial charge in [-0.3, -0.25) is 0 Å². The van der Waals surface area contributed by atoms with Crippen LogP contribution in [-0.4, -0.2) is 37.1 Å². The van der Waals surface area contributed by atoms with Crippen molar-refractivity contribution in [3.63, 3.8) is 0 Å². The third kappa shape index (κ3) is 6.69. The molecule has 1 aliphatic carbocycles. The van der Waals surface area contributed by atoms with Crippen molar-refractivity contribution < 1.29 is 0 Å². The molecule has 0 bridgehead atoms. The summed E-state index contributed by atoms with van der Waals surface area (Å²) in [7, 11) is 4.55. The number of likely N-dealkylation sites (N-methyl/N-ethyl adjacent to an activating group) is 1. The van der Waals surface area contributed by atoms with Crippen LogP contribution in [0.4, 0.5) is 0 Å². The van der Waals surface area contributed by atoms with Crippen LogP contribution in [0.25, 0.3) is 0 Å². The monoisotopic (exact) mass is 296 g/mol. The number of unbranched alkanes of at least 4 members (excludes halogenated alkanes) is 4. The Morgan fingerprint density at radius 2 is 1.90 bits per heavy atom. The molecule has 1 N–H and O–H groups in total. The van der Waals surface area contributed by atoms with Crippen LogP contribution >= 0.6 is 0 Å². The standard InChI is InChI=1S/C19H40N2/c1-6-7-8-9-10-13-18(3)20-16-19(21(4)5)14-11-12-17(2)15-19/h17-18,20H,6-16H2,1-5H3. The van der Waals surface area contributed by atoms with Gasteiger partial charge in [-0.2, -0.15) is 0 Å². The zero-order valence-electron chi connectivity index (χ0n) is 15.4. The van der Waals surface area contributed by atoms with Crippen molar-refractivity contribution in [3.05, 3.63) is 0 Å². The van der Waals surface area contributed by atoms with Gasteiger partial charge in [0.15, 0.2) is 0 Å². The third-order valence-electron chi connectivity index (χ3n) is 5.54. The van der Waals surface area contributed by atoms with Crippen molar-refractivity contribution >= 4 is 0 Å². The molecule has 0 aromatic heterocycles. The van der Waals surface area contributed by atoms with E-state index in [9.17, 15) is 0 Å². The van der Waals surface area contributed by atoms with Crippen LogP contribution in [0.5, 0.6) is 0 Å². The lowest BCUT2D eigenvalue weighted by molar-refractivity contribution is 0.0724. The number of rotatable bonds is 10. The van der Waals surface area contributed by atoms with E-state index in [-0.39, 0.29) is 0 Å². The lowest BCUT2D eigenvalue weighted by atomic mass is 9.75. The van der Waals surface area contributed by atoms with E-state index in [1.807, 2.05) is 0 Å². The molecule has 0 radical (unpaired) electrons. The number of nitrogens with one attached hydrogen (secondary N) is 1. The summed E-state index contributed by atoms with van der Waals surface area (Å²) in [5, 5.41) is 3.84. The largest absolute Gasteiger partial charge is 0.312 e. The van der Waals surface area contributed by atoms with E-state index >= 15 is 0 Å². The number of hydrogen-bond donors (Lipinski definition) is 1. The zero-order chi connectivity index (χ0) is 15.7. The normalized spacial score (nSPS) is 28.0. The van der Waals surface area contributed by atoms with Gasteiger partial charge in [0.25, 0.3) is 0 Å². The summed E-state index contributed by atoms with van der Waals surface area (Å²) in [5.74, 6) is 0.882. The second-order valence-electron chi connectivity index (χ2n) is 7.81. The van der Waals surface area contributed by atoms with Gasteiger partial charge in [0, 0.05) is 18.1 Å². The van der Waals surface area contributed by atoms with Crippen molar-refractivity contribution in [2.24, 2.45) is 5.92 Å². The van der Waals surface area contributed by atoms with Gasteiger partial charge >= 0.3 is 0 Å². The van der Waals surface area contributed by atoms with E-state index in [0.29, 0.717) is 11.6 Å². The van der Waals surface area contributed by atoms with Gasteiger partial charge in [0.2, 0.25) is 0 Å².